The fraction of sp³-hybridized carbons (Fsp3) is 0.625. The van der Waals surface area contributed by atoms with E-state index in [1.165, 1.54) is 5.56 Å². The molecule has 0 heterocycles. The average molecular weight is 265 g/mol. The molecule has 0 spiro atoms. The maximum Gasteiger partial charge on any atom is 0.1000 e. The van der Waals surface area contributed by atoms with E-state index in [0.717, 1.165) is 19.6 Å². The highest BCUT2D eigenvalue weighted by Crippen LogP contribution is 2.21. The molecule has 1 aromatic rings. The first-order valence-corrected chi connectivity index (χ1v) is 7.31. The minimum atomic E-state index is 0.0456. The lowest BCUT2D eigenvalue weighted by atomic mass is 10.0. The van der Waals surface area contributed by atoms with Crippen molar-refractivity contribution in [1.29, 1.82) is 0 Å². The van der Waals surface area contributed by atoms with Gasteiger partial charge in [0.1, 0.15) is 0 Å². The zero-order valence-electron chi connectivity index (χ0n) is 12.4. The summed E-state index contributed by atoms with van der Waals surface area (Å²) in [5.41, 5.74) is 1.21. The van der Waals surface area contributed by atoms with E-state index in [-0.39, 0.29) is 12.1 Å². The number of benzene rings is 1. The zero-order chi connectivity index (χ0) is 13.9. The van der Waals surface area contributed by atoms with Crippen LogP contribution < -0.4 is 5.32 Å². The van der Waals surface area contributed by atoms with E-state index in [9.17, 15) is 0 Å². The van der Waals surface area contributed by atoms with E-state index in [4.69, 9.17) is 9.47 Å². The van der Waals surface area contributed by atoms with Crippen LogP contribution in [-0.4, -0.2) is 32.4 Å². The van der Waals surface area contributed by atoms with Crippen molar-refractivity contribution in [1.82, 2.24) is 5.32 Å². The number of hydrogen-bond donors (Lipinski definition) is 1. The molecule has 0 aliphatic carbocycles. The molecule has 1 aromatic carbocycles. The second-order valence-corrected chi connectivity index (χ2v) is 4.51. The molecule has 2 atom stereocenters. The monoisotopic (exact) mass is 265 g/mol. The Balaban J connectivity index is 2.77. The van der Waals surface area contributed by atoms with Gasteiger partial charge >= 0.3 is 0 Å². The third kappa shape index (κ3) is 5.72. The van der Waals surface area contributed by atoms with Crippen molar-refractivity contribution in [3.05, 3.63) is 35.9 Å². The summed E-state index contributed by atoms with van der Waals surface area (Å²) in [6.45, 7) is 9.32. The number of nitrogens with one attached hydrogen (secondary N) is 1. The normalized spacial score (nSPS) is 14.3. The average Bonchev–Trinajstić information content (AvgIpc) is 2.46. The number of hydrogen-bond acceptors (Lipinski definition) is 3. The van der Waals surface area contributed by atoms with Gasteiger partial charge in [-0.05, 0) is 32.4 Å². The Bertz CT molecular complexity index is 308. The third-order valence-corrected chi connectivity index (χ3v) is 3.00. The predicted molar refractivity (Wildman–Crippen MR) is 79.4 cm³/mol. The second kappa shape index (κ2) is 9.96. The van der Waals surface area contributed by atoms with Crippen molar-refractivity contribution < 1.29 is 9.47 Å². The van der Waals surface area contributed by atoms with Crippen molar-refractivity contribution >= 4 is 0 Å². The topological polar surface area (TPSA) is 30.5 Å². The van der Waals surface area contributed by atoms with Crippen molar-refractivity contribution in [3.8, 4) is 0 Å². The minimum absolute atomic E-state index is 0.0456. The predicted octanol–water partition coefficient (Wildman–Crippen LogP) is 3.17. The van der Waals surface area contributed by atoms with Crippen molar-refractivity contribution in [2.24, 2.45) is 0 Å². The van der Waals surface area contributed by atoms with Gasteiger partial charge in [0.15, 0.2) is 0 Å². The van der Waals surface area contributed by atoms with Crippen LogP contribution in [-0.2, 0) is 9.47 Å². The van der Waals surface area contributed by atoms with Crippen LogP contribution in [0, 0.1) is 0 Å². The van der Waals surface area contributed by atoms with Gasteiger partial charge < -0.3 is 14.8 Å². The molecule has 0 aliphatic heterocycles. The highest BCUT2D eigenvalue weighted by molar-refractivity contribution is 5.19. The second-order valence-electron chi connectivity index (χ2n) is 4.51. The summed E-state index contributed by atoms with van der Waals surface area (Å²) >= 11 is 0. The van der Waals surface area contributed by atoms with E-state index in [0.29, 0.717) is 13.2 Å². The van der Waals surface area contributed by atoms with E-state index < -0.39 is 0 Å². The zero-order valence-corrected chi connectivity index (χ0v) is 12.4. The first-order valence-electron chi connectivity index (χ1n) is 7.31. The quantitative estimate of drug-likeness (QED) is 0.705. The molecule has 108 valence electrons. The molecule has 0 aliphatic rings. The SMILES string of the molecule is CCCNC(COCC)C(OCC)c1ccccc1. The summed E-state index contributed by atoms with van der Waals surface area (Å²) in [5, 5.41) is 3.54. The van der Waals surface area contributed by atoms with Crippen LogP contribution in [0.3, 0.4) is 0 Å². The third-order valence-electron chi connectivity index (χ3n) is 3.00. The summed E-state index contributed by atoms with van der Waals surface area (Å²) < 4.78 is 11.5. The summed E-state index contributed by atoms with van der Waals surface area (Å²) in [4.78, 5) is 0. The van der Waals surface area contributed by atoms with Crippen molar-refractivity contribution in [2.45, 2.75) is 39.3 Å². The lowest BCUT2D eigenvalue weighted by Crippen LogP contribution is -2.40. The van der Waals surface area contributed by atoms with Crippen LogP contribution in [0.25, 0.3) is 0 Å². The smallest absolute Gasteiger partial charge is 0.1000 e. The fourth-order valence-corrected chi connectivity index (χ4v) is 2.09. The van der Waals surface area contributed by atoms with Crippen LogP contribution in [0.2, 0.25) is 0 Å². The van der Waals surface area contributed by atoms with Gasteiger partial charge in [-0.1, -0.05) is 37.3 Å². The van der Waals surface area contributed by atoms with E-state index in [2.05, 4.69) is 36.5 Å². The molecule has 3 nitrogen and oxygen atoms in total. The molecule has 0 saturated heterocycles. The van der Waals surface area contributed by atoms with Gasteiger partial charge in [-0.3, -0.25) is 0 Å². The van der Waals surface area contributed by atoms with Crippen LogP contribution in [0.1, 0.15) is 38.9 Å². The summed E-state index contributed by atoms with van der Waals surface area (Å²) in [5.74, 6) is 0. The molecule has 0 radical (unpaired) electrons. The number of ether oxygens (including phenoxy) is 2. The lowest BCUT2D eigenvalue weighted by molar-refractivity contribution is 0.000975. The maximum atomic E-state index is 5.94. The molecule has 0 aromatic heterocycles. The Kier molecular flexibility index (Phi) is 8.47. The Morgan fingerprint density at radius 3 is 2.37 bits per heavy atom. The molecule has 1 rings (SSSR count). The van der Waals surface area contributed by atoms with Gasteiger partial charge in [0.25, 0.3) is 0 Å². The van der Waals surface area contributed by atoms with Gasteiger partial charge in [0.2, 0.25) is 0 Å². The van der Waals surface area contributed by atoms with E-state index in [1.54, 1.807) is 0 Å². The first kappa shape index (κ1) is 16.2. The molecule has 0 saturated carbocycles. The van der Waals surface area contributed by atoms with E-state index in [1.807, 2.05) is 19.9 Å². The highest BCUT2D eigenvalue weighted by atomic mass is 16.5. The van der Waals surface area contributed by atoms with Gasteiger partial charge in [-0.15, -0.1) is 0 Å². The van der Waals surface area contributed by atoms with Crippen LogP contribution in [0.15, 0.2) is 30.3 Å². The molecule has 3 heteroatoms. The molecule has 0 fully saturated rings. The Morgan fingerprint density at radius 2 is 1.79 bits per heavy atom. The van der Waals surface area contributed by atoms with Crippen molar-refractivity contribution in [3.63, 3.8) is 0 Å². The molecule has 0 amide bonds. The highest BCUT2D eigenvalue weighted by Gasteiger charge is 2.23. The lowest BCUT2D eigenvalue weighted by Gasteiger charge is -2.28. The molecule has 2 unspecified atom stereocenters. The minimum Gasteiger partial charge on any atom is -0.380 e. The largest absolute Gasteiger partial charge is 0.380 e. The van der Waals surface area contributed by atoms with E-state index >= 15 is 0 Å². The summed E-state index contributed by atoms with van der Waals surface area (Å²) in [7, 11) is 0. The standard InChI is InChI=1S/C16H27NO2/c1-4-12-17-15(13-18-5-2)16(19-6-3)14-10-8-7-9-11-14/h7-11,15-17H,4-6,12-13H2,1-3H3. The Labute approximate surface area is 117 Å². The Hall–Kier alpha value is -0.900. The van der Waals surface area contributed by atoms with Gasteiger partial charge in [-0.25, -0.2) is 0 Å². The van der Waals surface area contributed by atoms with Gasteiger partial charge in [0.05, 0.1) is 18.8 Å². The maximum absolute atomic E-state index is 5.94. The molecule has 19 heavy (non-hydrogen) atoms. The Morgan fingerprint density at radius 1 is 1.05 bits per heavy atom. The van der Waals surface area contributed by atoms with Gasteiger partial charge in [0, 0.05) is 13.2 Å². The van der Waals surface area contributed by atoms with Crippen LogP contribution in [0.4, 0.5) is 0 Å². The van der Waals surface area contributed by atoms with Crippen LogP contribution >= 0.6 is 0 Å². The summed E-state index contributed by atoms with van der Waals surface area (Å²) in [6, 6.07) is 10.6. The summed E-state index contributed by atoms with van der Waals surface area (Å²) in [6.07, 6.45) is 1.15. The van der Waals surface area contributed by atoms with Gasteiger partial charge in [-0.2, -0.15) is 0 Å². The molecule has 0 bridgehead atoms. The molecular weight excluding hydrogens is 238 g/mol. The first-order chi connectivity index (χ1) is 9.33. The molecular formula is C16H27NO2. The fourth-order valence-electron chi connectivity index (χ4n) is 2.09. The molecule has 1 N–H and O–H groups in total. The van der Waals surface area contributed by atoms with Crippen LogP contribution in [0.5, 0.6) is 0 Å². The number of rotatable bonds is 10. The van der Waals surface area contributed by atoms with Crippen molar-refractivity contribution in [2.75, 3.05) is 26.4 Å².